The Hall–Kier alpha value is 0.0800. The van der Waals surface area contributed by atoms with Crippen LogP contribution >= 0.6 is 43.2 Å². The molecule has 1 aromatic heterocycles. The van der Waals surface area contributed by atoms with Gasteiger partial charge in [0.1, 0.15) is 9.84 Å². The highest BCUT2D eigenvalue weighted by Crippen LogP contribution is 2.32. The molecule has 1 aliphatic rings. The fourth-order valence-electron chi connectivity index (χ4n) is 1.75. The molecular weight excluding hydrogens is 406 g/mol. The number of hydrogen-bond donors (Lipinski definition) is 1. The lowest BCUT2D eigenvalue weighted by molar-refractivity contribution is 0.0938. The average molecular weight is 417 g/mol. The average Bonchev–Trinajstić information content (AvgIpc) is 2.62. The van der Waals surface area contributed by atoms with Crippen molar-refractivity contribution < 1.29 is 13.2 Å². The molecule has 2 rings (SSSR count). The predicted molar refractivity (Wildman–Crippen MR) is 78.9 cm³/mol. The van der Waals surface area contributed by atoms with Gasteiger partial charge < -0.3 is 5.32 Å². The molecule has 1 saturated heterocycles. The zero-order valence-corrected chi connectivity index (χ0v) is 14.1. The number of thiophene rings is 1. The van der Waals surface area contributed by atoms with E-state index in [9.17, 15) is 13.2 Å². The van der Waals surface area contributed by atoms with Crippen LogP contribution in [0.4, 0.5) is 0 Å². The first-order valence-electron chi connectivity index (χ1n) is 5.33. The highest BCUT2D eigenvalue weighted by molar-refractivity contribution is 9.13. The van der Waals surface area contributed by atoms with Crippen LogP contribution in [0.1, 0.15) is 22.5 Å². The number of hydrogen-bond acceptors (Lipinski definition) is 4. The number of halogens is 2. The molecule has 0 spiro atoms. The zero-order chi connectivity index (χ0) is 13.3. The lowest BCUT2D eigenvalue weighted by Gasteiger charge is -2.22. The molecule has 0 aromatic carbocycles. The molecular formula is C10H11Br2NO3S2. The smallest absolute Gasteiger partial charge is 0.261 e. The molecule has 1 aromatic rings. The van der Waals surface area contributed by atoms with E-state index in [1.807, 2.05) is 0 Å². The third kappa shape index (κ3) is 3.55. The SMILES string of the molecule is O=C(NC1CCS(=O)(=O)CC1)c1cc(Br)c(Br)s1. The van der Waals surface area contributed by atoms with Gasteiger partial charge in [0.2, 0.25) is 0 Å². The molecule has 0 aliphatic carbocycles. The summed E-state index contributed by atoms with van der Waals surface area (Å²) in [6.45, 7) is 0. The van der Waals surface area contributed by atoms with E-state index in [2.05, 4.69) is 37.2 Å². The third-order valence-corrected chi connectivity index (χ3v) is 7.73. The van der Waals surface area contributed by atoms with Crippen molar-refractivity contribution >= 4 is 58.9 Å². The van der Waals surface area contributed by atoms with Crippen molar-refractivity contribution in [3.8, 4) is 0 Å². The quantitative estimate of drug-likeness (QED) is 0.805. The van der Waals surface area contributed by atoms with Gasteiger partial charge in [-0.2, -0.15) is 0 Å². The van der Waals surface area contributed by atoms with Gasteiger partial charge in [-0.3, -0.25) is 4.79 Å². The summed E-state index contributed by atoms with van der Waals surface area (Å²) in [4.78, 5) is 12.6. The van der Waals surface area contributed by atoms with Crippen LogP contribution in [0.2, 0.25) is 0 Å². The van der Waals surface area contributed by atoms with Crippen molar-refractivity contribution in [3.05, 3.63) is 19.2 Å². The molecule has 0 atom stereocenters. The van der Waals surface area contributed by atoms with E-state index in [4.69, 9.17) is 0 Å². The maximum atomic E-state index is 11.9. The van der Waals surface area contributed by atoms with Gasteiger partial charge >= 0.3 is 0 Å². The molecule has 0 unspecified atom stereocenters. The first-order valence-corrected chi connectivity index (χ1v) is 9.56. The van der Waals surface area contributed by atoms with Crippen LogP contribution in [-0.4, -0.2) is 31.9 Å². The van der Waals surface area contributed by atoms with Crippen LogP contribution in [-0.2, 0) is 9.84 Å². The van der Waals surface area contributed by atoms with Crippen molar-refractivity contribution in [1.29, 1.82) is 0 Å². The van der Waals surface area contributed by atoms with E-state index >= 15 is 0 Å². The van der Waals surface area contributed by atoms with Gasteiger partial charge in [-0.05, 0) is 50.8 Å². The zero-order valence-electron chi connectivity index (χ0n) is 9.28. The Kier molecular flexibility index (Phi) is 4.51. The Morgan fingerprint density at radius 3 is 2.44 bits per heavy atom. The summed E-state index contributed by atoms with van der Waals surface area (Å²) in [6, 6.07) is 1.71. The van der Waals surface area contributed by atoms with Crippen LogP contribution in [0.3, 0.4) is 0 Å². The first-order chi connectivity index (χ1) is 8.37. The lowest BCUT2D eigenvalue weighted by atomic mass is 10.1. The summed E-state index contributed by atoms with van der Waals surface area (Å²) in [5.74, 6) is 0.182. The van der Waals surface area contributed by atoms with Crippen molar-refractivity contribution in [2.24, 2.45) is 0 Å². The second-order valence-electron chi connectivity index (χ2n) is 4.13. The summed E-state index contributed by atoms with van der Waals surface area (Å²) in [7, 11) is -2.88. The summed E-state index contributed by atoms with van der Waals surface area (Å²) in [5, 5.41) is 2.88. The molecule has 1 N–H and O–H groups in total. The van der Waals surface area contributed by atoms with Crippen LogP contribution in [0.15, 0.2) is 14.3 Å². The van der Waals surface area contributed by atoms with Crippen LogP contribution < -0.4 is 5.32 Å². The highest BCUT2D eigenvalue weighted by Gasteiger charge is 2.25. The summed E-state index contributed by atoms with van der Waals surface area (Å²) >= 11 is 8.02. The van der Waals surface area contributed by atoms with Gasteiger partial charge in [-0.1, -0.05) is 0 Å². The second kappa shape index (κ2) is 5.60. The van der Waals surface area contributed by atoms with Crippen molar-refractivity contribution in [2.45, 2.75) is 18.9 Å². The Morgan fingerprint density at radius 2 is 1.94 bits per heavy atom. The number of rotatable bonds is 2. The fraction of sp³-hybridized carbons (Fsp3) is 0.500. The summed E-state index contributed by atoms with van der Waals surface area (Å²) in [6.07, 6.45) is 1.00. The van der Waals surface area contributed by atoms with E-state index in [1.165, 1.54) is 11.3 Å². The van der Waals surface area contributed by atoms with Crippen molar-refractivity contribution in [3.63, 3.8) is 0 Å². The minimum Gasteiger partial charge on any atom is -0.349 e. The molecule has 0 saturated carbocycles. The van der Waals surface area contributed by atoms with Gasteiger partial charge in [-0.25, -0.2) is 8.42 Å². The predicted octanol–water partition coefficient (Wildman–Crippen LogP) is 2.58. The molecule has 2 heterocycles. The van der Waals surface area contributed by atoms with Gasteiger partial charge in [0, 0.05) is 10.5 Å². The number of amides is 1. The largest absolute Gasteiger partial charge is 0.349 e. The minimum atomic E-state index is -2.88. The fourth-order valence-corrected chi connectivity index (χ4v) is 5.18. The first kappa shape index (κ1) is 14.5. The normalized spacial score (nSPS) is 19.7. The van der Waals surface area contributed by atoms with Gasteiger partial charge in [-0.15, -0.1) is 11.3 Å². The molecule has 18 heavy (non-hydrogen) atoms. The monoisotopic (exact) mass is 415 g/mol. The molecule has 1 fully saturated rings. The number of nitrogens with one attached hydrogen (secondary N) is 1. The third-order valence-electron chi connectivity index (χ3n) is 2.76. The van der Waals surface area contributed by atoms with E-state index < -0.39 is 9.84 Å². The summed E-state index contributed by atoms with van der Waals surface area (Å²) in [5.41, 5.74) is 0. The molecule has 1 amide bonds. The van der Waals surface area contributed by atoms with Gasteiger partial charge in [0.05, 0.1) is 20.2 Å². The van der Waals surface area contributed by atoms with Crippen LogP contribution in [0.5, 0.6) is 0 Å². The lowest BCUT2D eigenvalue weighted by Crippen LogP contribution is -2.40. The number of carbonyl (C=O) groups excluding carboxylic acids is 1. The van der Waals surface area contributed by atoms with Crippen molar-refractivity contribution in [1.82, 2.24) is 5.32 Å². The summed E-state index contributed by atoms with van der Waals surface area (Å²) < 4.78 is 24.3. The Labute approximate surface area is 126 Å². The van der Waals surface area contributed by atoms with E-state index in [1.54, 1.807) is 6.07 Å². The van der Waals surface area contributed by atoms with Crippen LogP contribution in [0.25, 0.3) is 0 Å². The Bertz CT molecular complexity index is 534. The Morgan fingerprint density at radius 1 is 1.33 bits per heavy atom. The number of carbonyl (C=O) groups is 1. The van der Waals surface area contributed by atoms with Crippen LogP contribution in [0, 0.1) is 0 Å². The van der Waals surface area contributed by atoms with Gasteiger partial charge in [0.25, 0.3) is 5.91 Å². The highest BCUT2D eigenvalue weighted by atomic mass is 79.9. The van der Waals surface area contributed by atoms with Gasteiger partial charge in [0.15, 0.2) is 0 Å². The molecule has 0 radical (unpaired) electrons. The minimum absolute atomic E-state index is 0.0410. The van der Waals surface area contributed by atoms with E-state index in [0.29, 0.717) is 17.7 Å². The molecule has 1 aliphatic heterocycles. The number of sulfone groups is 1. The van der Waals surface area contributed by atoms with E-state index in [0.717, 1.165) is 8.26 Å². The maximum Gasteiger partial charge on any atom is 0.261 e. The Balaban J connectivity index is 1.96. The molecule has 4 nitrogen and oxygen atoms in total. The molecule has 8 heteroatoms. The van der Waals surface area contributed by atoms with Crippen molar-refractivity contribution in [2.75, 3.05) is 11.5 Å². The molecule has 100 valence electrons. The standard InChI is InChI=1S/C10H11Br2NO3S2/c11-7-5-8(17-9(7)12)10(14)13-6-1-3-18(15,16)4-2-6/h5-6H,1-4H2,(H,13,14). The van der Waals surface area contributed by atoms with E-state index in [-0.39, 0.29) is 23.5 Å². The maximum absolute atomic E-state index is 11.9. The topological polar surface area (TPSA) is 63.2 Å². The second-order valence-corrected chi connectivity index (χ2v) is 9.66. The molecule has 0 bridgehead atoms.